The summed E-state index contributed by atoms with van der Waals surface area (Å²) in [5, 5.41) is 19.6. The highest BCUT2D eigenvalue weighted by atomic mass is 16.3. The predicted octanol–water partition coefficient (Wildman–Crippen LogP) is -0.456. The third-order valence-corrected chi connectivity index (χ3v) is 2.72. The van der Waals surface area contributed by atoms with E-state index < -0.39 is 5.91 Å². The summed E-state index contributed by atoms with van der Waals surface area (Å²) in [6.45, 7) is -0.366. The first-order valence-corrected chi connectivity index (χ1v) is 5.06. The molecule has 1 aromatic carbocycles. The zero-order valence-electron chi connectivity index (χ0n) is 8.71. The number of nitrogens with zero attached hydrogens (tertiary/aromatic N) is 2. The van der Waals surface area contributed by atoms with Crippen LogP contribution in [0.25, 0.3) is 11.8 Å². The lowest BCUT2D eigenvalue weighted by Crippen LogP contribution is -2.27. The molecule has 0 fully saturated rings. The molecule has 2 aliphatic rings. The van der Waals surface area contributed by atoms with Gasteiger partial charge < -0.3 is 10.2 Å². The summed E-state index contributed by atoms with van der Waals surface area (Å²) in [5.74, 6) is -0.202. The van der Waals surface area contributed by atoms with Gasteiger partial charge in [0.25, 0.3) is 5.91 Å². The molecule has 2 N–H and O–H groups in total. The molecular weight excluding hydrogens is 220 g/mol. The molecule has 1 aromatic rings. The Morgan fingerprint density at radius 1 is 1.18 bits per heavy atom. The van der Waals surface area contributed by atoms with E-state index >= 15 is 0 Å². The van der Waals surface area contributed by atoms with E-state index in [1.807, 2.05) is 0 Å². The smallest absolute Gasteiger partial charge is 0.281 e. The number of aliphatic imine (C=N–C) groups is 1. The van der Waals surface area contributed by atoms with Crippen LogP contribution in [0.15, 0.2) is 28.2 Å². The highest BCUT2D eigenvalue weighted by molar-refractivity contribution is 6.06. The van der Waals surface area contributed by atoms with Crippen LogP contribution in [0.4, 0.5) is 0 Å². The number of aliphatic hydroxyl groups excluding tert-OH is 2. The minimum atomic E-state index is -0.443. The number of amidine groups is 1. The Labute approximate surface area is 95.8 Å². The van der Waals surface area contributed by atoms with E-state index in [-0.39, 0.29) is 18.2 Å². The Balaban J connectivity index is 2.35. The molecule has 0 saturated carbocycles. The predicted molar refractivity (Wildman–Crippen MR) is 61.1 cm³/mol. The lowest BCUT2D eigenvalue weighted by Gasteiger charge is -2.06. The standard InChI is InChI=1S/C12H8N2O3/c15-5-11-13-9-3-6-1-2-10(16)7(6)4-8(9)12(17)14-11/h1-4,15-16H,5H2. The van der Waals surface area contributed by atoms with Crippen LogP contribution in [-0.4, -0.2) is 28.6 Å². The summed E-state index contributed by atoms with van der Waals surface area (Å²) >= 11 is 0. The summed E-state index contributed by atoms with van der Waals surface area (Å²) in [5.41, 5.74) is 1.15. The molecule has 84 valence electrons. The van der Waals surface area contributed by atoms with Crippen molar-refractivity contribution in [2.75, 3.05) is 6.61 Å². The molecule has 0 spiro atoms. The molecule has 0 radical (unpaired) electrons. The first-order valence-electron chi connectivity index (χ1n) is 5.06. The zero-order valence-corrected chi connectivity index (χ0v) is 8.71. The Bertz CT molecular complexity index is 714. The van der Waals surface area contributed by atoms with Gasteiger partial charge in [-0.15, -0.1) is 0 Å². The number of rotatable bonds is 1. The topological polar surface area (TPSA) is 82.2 Å². The number of hydrogen-bond donors (Lipinski definition) is 2. The van der Waals surface area contributed by atoms with Gasteiger partial charge in [0.15, 0.2) is 5.84 Å². The minimum Gasteiger partial charge on any atom is -0.507 e. The fraction of sp³-hybridized carbons (Fsp3) is 0.0833. The van der Waals surface area contributed by atoms with E-state index in [9.17, 15) is 9.90 Å². The van der Waals surface area contributed by atoms with Crippen LogP contribution in [0.2, 0.25) is 0 Å². The van der Waals surface area contributed by atoms with E-state index in [0.717, 1.165) is 5.56 Å². The van der Waals surface area contributed by atoms with Crippen molar-refractivity contribution in [1.82, 2.24) is 0 Å². The molecule has 1 aliphatic heterocycles. The van der Waals surface area contributed by atoms with Crippen molar-refractivity contribution in [3.8, 4) is 0 Å². The van der Waals surface area contributed by atoms with Crippen molar-refractivity contribution in [3.63, 3.8) is 0 Å². The molecule has 5 nitrogen and oxygen atoms in total. The van der Waals surface area contributed by atoms with Crippen LogP contribution in [-0.2, 0) is 0 Å². The molecule has 0 saturated heterocycles. The maximum atomic E-state index is 11.7. The van der Waals surface area contributed by atoms with Gasteiger partial charge in [0, 0.05) is 5.22 Å². The lowest BCUT2D eigenvalue weighted by molar-refractivity contribution is 0.0999. The van der Waals surface area contributed by atoms with E-state index in [0.29, 0.717) is 16.1 Å². The highest BCUT2D eigenvalue weighted by Gasteiger charge is 2.17. The van der Waals surface area contributed by atoms with Crippen molar-refractivity contribution in [3.05, 3.63) is 39.9 Å². The van der Waals surface area contributed by atoms with Crippen molar-refractivity contribution in [2.24, 2.45) is 9.98 Å². The van der Waals surface area contributed by atoms with Gasteiger partial charge in [0.1, 0.15) is 12.4 Å². The molecule has 0 atom stereocenters. The number of aliphatic hydroxyl groups is 2. The van der Waals surface area contributed by atoms with Gasteiger partial charge in [0.05, 0.1) is 10.9 Å². The minimum absolute atomic E-state index is 0.109. The Morgan fingerprint density at radius 2 is 2.00 bits per heavy atom. The fourth-order valence-electron chi connectivity index (χ4n) is 1.90. The maximum absolute atomic E-state index is 11.7. The van der Waals surface area contributed by atoms with Gasteiger partial charge in [-0.3, -0.25) is 4.79 Å². The molecular formula is C12H8N2O3. The quantitative estimate of drug-likeness (QED) is 0.682. The largest absolute Gasteiger partial charge is 0.507 e. The number of amides is 1. The number of carbonyl (C=O) groups is 1. The summed E-state index contributed by atoms with van der Waals surface area (Å²) < 4.78 is 0. The molecule has 3 rings (SSSR count). The van der Waals surface area contributed by atoms with Crippen molar-refractivity contribution in [2.45, 2.75) is 0 Å². The van der Waals surface area contributed by atoms with Crippen LogP contribution < -0.4 is 10.6 Å². The van der Waals surface area contributed by atoms with E-state index in [4.69, 9.17) is 5.11 Å². The third kappa shape index (κ3) is 1.40. The van der Waals surface area contributed by atoms with Gasteiger partial charge >= 0.3 is 0 Å². The number of hydrogen-bond acceptors (Lipinski definition) is 4. The number of carbonyl (C=O) groups excluding carboxylic acids is 1. The Morgan fingerprint density at radius 3 is 2.76 bits per heavy atom. The second-order valence-electron chi connectivity index (χ2n) is 3.78. The van der Waals surface area contributed by atoms with Crippen LogP contribution >= 0.6 is 0 Å². The molecule has 1 heterocycles. The fourth-order valence-corrected chi connectivity index (χ4v) is 1.90. The third-order valence-electron chi connectivity index (χ3n) is 2.72. The molecule has 0 aromatic heterocycles. The lowest BCUT2D eigenvalue weighted by atomic mass is 10.1. The summed E-state index contributed by atoms with van der Waals surface area (Å²) in [6.07, 6.45) is 3.31. The monoisotopic (exact) mass is 228 g/mol. The SMILES string of the molecule is O=C1N=C(CO)N=c2cc3c(cc21)=C(O)C=C3. The van der Waals surface area contributed by atoms with Crippen LogP contribution in [0.1, 0.15) is 15.9 Å². The first-order chi connectivity index (χ1) is 8.19. The molecule has 0 bridgehead atoms. The van der Waals surface area contributed by atoms with Crippen molar-refractivity contribution in [1.29, 1.82) is 0 Å². The average molecular weight is 228 g/mol. The molecule has 1 aliphatic carbocycles. The van der Waals surface area contributed by atoms with Crippen LogP contribution in [0, 0.1) is 0 Å². The molecule has 5 heteroatoms. The Hall–Kier alpha value is -2.27. The molecule has 0 unspecified atom stereocenters. The van der Waals surface area contributed by atoms with E-state index in [1.165, 1.54) is 0 Å². The summed E-state index contributed by atoms with van der Waals surface area (Å²) in [4.78, 5) is 19.4. The van der Waals surface area contributed by atoms with E-state index in [1.54, 1.807) is 24.3 Å². The Kier molecular flexibility index (Phi) is 1.96. The van der Waals surface area contributed by atoms with Gasteiger partial charge in [0.2, 0.25) is 0 Å². The van der Waals surface area contributed by atoms with Gasteiger partial charge in [-0.2, -0.15) is 4.99 Å². The highest BCUT2D eigenvalue weighted by Crippen LogP contribution is 2.09. The first kappa shape index (κ1) is 9.92. The molecule has 17 heavy (non-hydrogen) atoms. The summed E-state index contributed by atoms with van der Waals surface area (Å²) in [7, 11) is 0. The average Bonchev–Trinajstić information content (AvgIpc) is 2.68. The second-order valence-corrected chi connectivity index (χ2v) is 3.78. The zero-order chi connectivity index (χ0) is 12.0. The van der Waals surface area contributed by atoms with Crippen LogP contribution in [0.3, 0.4) is 0 Å². The number of fused-ring (bicyclic) bond motifs is 2. The summed E-state index contributed by atoms with van der Waals surface area (Å²) in [6, 6.07) is 3.27. The molecule has 1 amide bonds. The normalized spacial score (nSPS) is 16.4. The van der Waals surface area contributed by atoms with Gasteiger partial charge in [-0.05, 0) is 23.8 Å². The second kappa shape index (κ2) is 3.36. The van der Waals surface area contributed by atoms with E-state index in [2.05, 4.69) is 9.98 Å². The van der Waals surface area contributed by atoms with Crippen molar-refractivity contribution >= 4 is 23.6 Å². The van der Waals surface area contributed by atoms with Crippen molar-refractivity contribution < 1.29 is 15.0 Å². The van der Waals surface area contributed by atoms with Gasteiger partial charge in [-0.1, -0.05) is 6.08 Å². The maximum Gasteiger partial charge on any atom is 0.281 e. The number of benzene rings is 1. The van der Waals surface area contributed by atoms with Gasteiger partial charge in [-0.25, -0.2) is 4.99 Å². The van der Waals surface area contributed by atoms with Crippen LogP contribution in [0.5, 0.6) is 0 Å².